The van der Waals surface area contributed by atoms with Gasteiger partial charge in [0.15, 0.2) is 0 Å². The van der Waals surface area contributed by atoms with Crippen molar-refractivity contribution in [3.05, 3.63) is 0 Å². The van der Waals surface area contributed by atoms with E-state index in [4.69, 9.17) is 5.73 Å². The molecule has 0 aromatic heterocycles. The fourth-order valence-electron chi connectivity index (χ4n) is 1.80. The van der Waals surface area contributed by atoms with Crippen molar-refractivity contribution in [3.8, 4) is 0 Å². The van der Waals surface area contributed by atoms with Gasteiger partial charge in [0.2, 0.25) is 0 Å². The lowest BCUT2D eigenvalue weighted by Gasteiger charge is -2.26. The normalized spacial score (nSPS) is 16.2. The molecule has 2 heteroatoms. The summed E-state index contributed by atoms with van der Waals surface area (Å²) in [5.74, 6) is 0.746. The second kappa shape index (κ2) is 7.34. The molecule has 3 N–H and O–H groups in total. The molecule has 0 aliphatic rings. The third-order valence-electron chi connectivity index (χ3n) is 2.46. The predicted octanol–water partition coefficient (Wildman–Crippen LogP) is 2.14. The molecule has 0 saturated heterocycles. The van der Waals surface area contributed by atoms with Crippen molar-refractivity contribution < 1.29 is 0 Å². The topological polar surface area (TPSA) is 38.0 Å². The zero-order valence-corrected chi connectivity index (χ0v) is 9.64. The molecule has 0 aliphatic heterocycles. The molecule has 0 aromatic carbocycles. The van der Waals surface area contributed by atoms with Crippen LogP contribution in [0.25, 0.3) is 0 Å². The highest BCUT2D eigenvalue weighted by atomic mass is 14.9. The Morgan fingerprint density at radius 1 is 1.15 bits per heavy atom. The maximum absolute atomic E-state index is 5.60. The van der Waals surface area contributed by atoms with Gasteiger partial charge in [0, 0.05) is 12.1 Å². The molecule has 13 heavy (non-hydrogen) atoms. The number of hydrogen-bond acceptors (Lipinski definition) is 2. The Balaban J connectivity index is 3.90. The van der Waals surface area contributed by atoms with Crippen LogP contribution in [0.1, 0.15) is 47.0 Å². The zero-order valence-electron chi connectivity index (χ0n) is 9.64. The van der Waals surface area contributed by atoms with Crippen LogP contribution < -0.4 is 11.1 Å². The molecule has 2 nitrogen and oxygen atoms in total. The minimum Gasteiger partial charge on any atom is -0.330 e. The van der Waals surface area contributed by atoms with Crippen LogP contribution in [-0.4, -0.2) is 18.6 Å². The van der Waals surface area contributed by atoms with Crippen LogP contribution in [0.5, 0.6) is 0 Å². The molecule has 0 rings (SSSR count). The highest BCUT2D eigenvalue weighted by molar-refractivity contribution is 4.75. The summed E-state index contributed by atoms with van der Waals surface area (Å²) in [5.41, 5.74) is 5.60. The van der Waals surface area contributed by atoms with Crippen LogP contribution in [0.2, 0.25) is 0 Å². The first kappa shape index (κ1) is 12.9. The number of rotatable bonds is 7. The third-order valence-corrected chi connectivity index (χ3v) is 2.46. The van der Waals surface area contributed by atoms with Crippen LogP contribution in [-0.2, 0) is 0 Å². The molecule has 0 amide bonds. The Morgan fingerprint density at radius 2 is 1.77 bits per heavy atom. The van der Waals surface area contributed by atoms with E-state index in [1.54, 1.807) is 0 Å². The lowest BCUT2D eigenvalue weighted by molar-refractivity contribution is 0.320. The smallest absolute Gasteiger partial charge is 0.0107 e. The Morgan fingerprint density at radius 3 is 2.15 bits per heavy atom. The maximum Gasteiger partial charge on any atom is 0.0107 e. The molecule has 0 radical (unpaired) electrons. The Hall–Kier alpha value is -0.0800. The first-order valence-corrected chi connectivity index (χ1v) is 5.57. The van der Waals surface area contributed by atoms with Gasteiger partial charge in [-0.2, -0.15) is 0 Å². The van der Waals surface area contributed by atoms with Crippen molar-refractivity contribution in [2.24, 2.45) is 11.7 Å². The van der Waals surface area contributed by atoms with Crippen LogP contribution in [0, 0.1) is 5.92 Å². The van der Waals surface area contributed by atoms with Crippen molar-refractivity contribution in [3.63, 3.8) is 0 Å². The number of nitrogens with two attached hydrogens (primary N) is 1. The average Bonchev–Trinajstić information content (AvgIpc) is 2.03. The molecule has 0 bridgehead atoms. The van der Waals surface area contributed by atoms with E-state index >= 15 is 0 Å². The molecule has 0 saturated carbocycles. The predicted molar refractivity (Wildman–Crippen MR) is 59.8 cm³/mol. The molecular weight excluding hydrogens is 160 g/mol. The molecule has 0 aromatic rings. The van der Waals surface area contributed by atoms with Crippen molar-refractivity contribution >= 4 is 0 Å². The Bertz CT molecular complexity index is 113. The van der Waals surface area contributed by atoms with Gasteiger partial charge < -0.3 is 11.1 Å². The van der Waals surface area contributed by atoms with E-state index in [9.17, 15) is 0 Å². The van der Waals surface area contributed by atoms with Gasteiger partial charge in [-0.15, -0.1) is 0 Å². The second-order valence-electron chi connectivity index (χ2n) is 4.27. The van der Waals surface area contributed by atoms with Crippen LogP contribution in [0.3, 0.4) is 0 Å². The summed E-state index contributed by atoms with van der Waals surface area (Å²) in [6.45, 7) is 9.74. The summed E-state index contributed by atoms with van der Waals surface area (Å²) in [7, 11) is 0. The summed E-state index contributed by atoms with van der Waals surface area (Å²) in [4.78, 5) is 0. The van der Waals surface area contributed by atoms with E-state index in [0.29, 0.717) is 12.1 Å². The number of nitrogens with one attached hydrogen (secondary N) is 1. The summed E-state index contributed by atoms with van der Waals surface area (Å²) in [6, 6.07) is 1.17. The van der Waals surface area contributed by atoms with Crippen molar-refractivity contribution in [1.82, 2.24) is 5.32 Å². The molecule has 2 unspecified atom stereocenters. The van der Waals surface area contributed by atoms with Gasteiger partial charge in [0.1, 0.15) is 0 Å². The van der Waals surface area contributed by atoms with Crippen molar-refractivity contribution in [2.45, 2.75) is 59.0 Å². The molecule has 80 valence electrons. The molecule has 0 spiro atoms. The van der Waals surface area contributed by atoms with Gasteiger partial charge in [-0.25, -0.2) is 0 Å². The van der Waals surface area contributed by atoms with Crippen molar-refractivity contribution in [2.75, 3.05) is 6.54 Å². The van der Waals surface area contributed by atoms with E-state index in [0.717, 1.165) is 18.9 Å². The maximum atomic E-state index is 5.60. The van der Waals surface area contributed by atoms with Crippen LogP contribution >= 0.6 is 0 Å². The summed E-state index contributed by atoms with van der Waals surface area (Å²) in [5, 5.41) is 3.59. The largest absolute Gasteiger partial charge is 0.330 e. The minimum absolute atomic E-state index is 0.566. The highest BCUT2D eigenvalue weighted by Crippen LogP contribution is 2.13. The number of hydrogen-bond donors (Lipinski definition) is 2. The first-order chi connectivity index (χ1) is 6.11. The lowest BCUT2D eigenvalue weighted by Crippen LogP contribution is -2.40. The van der Waals surface area contributed by atoms with Gasteiger partial charge in [0.05, 0.1) is 0 Å². The fourth-order valence-corrected chi connectivity index (χ4v) is 1.80. The minimum atomic E-state index is 0.566. The van der Waals surface area contributed by atoms with E-state index in [-0.39, 0.29) is 0 Å². The van der Waals surface area contributed by atoms with E-state index in [2.05, 4.69) is 33.0 Å². The first-order valence-electron chi connectivity index (χ1n) is 5.57. The monoisotopic (exact) mass is 186 g/mol. The molecule has 2 atom stereocenters. The van der Waals surface area contributed by atoms with E-state index in [1.807, 2.05) is 0 Å². The molecule has 0 heterocycles. The third kappa shape index (κ3) is 6.05. The van der Waals surface area contributed by atoms with Gasteiger partial charge in [-0.3, -0.25) is 0 Å². The molecule has 0 aliphatic carbocycles. The SMILES string of the molecule is CCCC(C)C(CCN)NC(C)C. The highest BCUT2D eigenvalue weighted by Gasteiger charge is 2.15. The lowest BCUT2D eigenvalue weighted by atomic mass is 9.94. The van der Waals surface area contributed by atoms with Gasteiger partial charge >= 0.3 is 0 Å². The van der Waals surface area contributed by atoms with E-state index in [1.165, 1.54) is 12.8 Å². The quantitative estimate of drug-likeness (QED) is 0.639. The van der Waals surface area contributed by atoms with E-state index < -0.39 is 0 Å². The molecule has 0 fully saturated rings. The van der Waals surface area contributed by atoms with Gasteiger partial charge in [-0.1, -0.05) is 34.1 Å². The van der Waals surface area contributed by atoms with Gasteiger partial charge in [0.25, 0.3) is 0 Å². The summed E-state index contributed by atoms with van der Waals surface area (Å²) >= 11 is 0. The van der Waals surface area contributed by atoms with Crippen LogP contribution in [0.4, 0.5) is 0 Å². The Kier molecular flexibility index (Phi) is 7.29. The fraction of sp³-hybridized carbons (Fsp3) is 1.00. The Labute approximate surface area is 83.3 Å². The summed E-state index contributed by atoms with van der Waals surface area (Å²) < 4.78 is 0. The second-order valence-corrected chi connectivity index (χ2v) is 4.27. The van der Waals surface area contributed by atoms with Crippen LogP contribution in [0.15, 0.2) is 0 Å². The van der Waals surface area contributed by atoms with Gasteiger partial charge in [-0.05, 0) is 25.3 Å². The molecular formula is C11H26N2. The average molecular weight is 186 g/mol. The summed E-state index contributed by atoms with van der Waals surface area (Å²) in [6.07, 6.45) is 3.66. The zero-order chi connectivity index (χ0) is 10.3. The standard InChI is InChI=1S/C11H26N2/c1-5-6-10(4)11(7-8-12)13-9(2)3/h9-11,13H,5-8,12H2,1-4H3. The van der Waals surface area contributed by atoms with Crippen molar-refractivity contribution in [1.29, 1.82) is 0 Å².